The zero-order valence-corrected chi connectivity index (χ0v) is 9.27. The Morgan fingerprint density at radius 3 is 3.12 bits per heavy atom. The molecule has 0 bridgehead atoms. The standard InChI is InChI=1S/C12H14N4/c1-9-4-10(6-14-5-9)11-7-15-12-8-13-2-3-16(11)12/h4-7,13H,2-3,8H2,1H3. The van der Waals surface area contributed by atoms with E-state index in [1.54, 1.807) is 0 Å². The lowest BCUT2D eigenvalue weighted by atomic mass is 10.2. The largest absolute Gasteiger partial charge is 0.326 e. The van der Waals surface area contributed by atoms with Crippen LogP contribution >= 0.6 is 0 Å². The van der Waals surface area contributed by atoms with Crippen molar-refractivity contribution in [2.24, 2.45) is 0 Å². The maximum absolute atomic E-state index is 4.44. The molecule has 3 rings (SSSR count). The minimum Gasteiger partial charge on any atom is -0.326 e. The van der Waals surface area contributed by atoms with E-state index in [1.165, 1.54) is 11.3 Å². The smallest absolute Gasteiger partial charge is 0.123 e. The van der Waals surface area contributed by atoms with Crippen molar-refractivity contribution in [2.45, 2.75) is 20.0 Å². The zero-order chi connectivity index (χ0) is 11.0. The number of rotatable bonds is 1. The van der Waals surface area contributed by atoms with Crippen LogP contribution in [0, 0.1) is 6.92 Å². The van der Waals surface area contributed by atoms with Crippen molar-refractivity contribution in [1.29, 1.82) is 0 Å². The second kappa shape index (κ2) is 3.72. The number of hydrogen-bond donors (Lipinski definition) is 1. The molecule has 82 valence electrons. The van der Waals surface area contributed by atoms with Crippen LogP contribution in [-0.4, -0.2) is 21.1 Å². The van der Waals surface area contributed by atoms with Gasteiger partial charge in [-0.1, -0.05) is 0 Å². The van der Waals surface area contributed by atoms with Crippen LogP contribution in [-0.2, 0) is 13.1 Å². The van der Waals surface area contributed by atoms with Gasteiger partial charge >= 0.3 is 0 Å². The van der Waals surface area contributed by atoms with Crippen molar-refractivity contribution in [3.8, 4) is 11.3 Å². The fourth-order valence-electron chi connectivity index (χ4n) is 2.12. The number of imidazole rings is 1. The van der Waals surface area contributed by atoms with Crippen molar-refractivity contribution in [1.82, 2.24) is 19.9 Å². The molecule has 0 saturated heterocycles. The van der Waals surface area contributed by atoms with Gasteiger partial charge in [0, 0.05) is 31.0 Å². The Morgan fingerprint density at radius 1 is 1.31 bits per heavy atom. The van der Waals surface area contributed by atoms with Gasteiger partial charge in [-0.25, -0.2) is 4.98 Å². The number of hydrogen-bond acceptors (Lipinski definition) is 3. The molecule has 16 heavy (non-hydrogen) atoms. The summed E-state index contributed by atoms with van der Waals surface area (Å²) in [5, 5.41) is 3.32. The molecule has 4 heteroatoms. The molecule has 0 radical (unpaired) electrons. The van der Waals surface area contributed by atoms with Gasteiger partial charge in [-0.15, -0.1) is 0 Å². The summed E-state index contributed by atoms with van der Waals surface area (Å²) in [5.41, 5.74) is 3.51. The lowest BCUT2D eigenvalue weighted by molar-refractivity contribution is 0.508. The molecular weight excluding hydrogens is 200 g/mol. The van der Waals surface area contributed by atoms with Crippen LogP contribution in [0.1, 0.15) is 11.4 Å². The number of nitrogens with zero attached hydrogens (tertiary/aromatic N) is 3. The molecule has 4 nitrogen and oxygen atoms in total. The third-order valence-corrected chi connectivity index (χ3v) is 2.90. The maximum atomic E-state index is 4.44. The summed E-state index contributed by atoms with van der Waals surface area (Å²) in [6.45, 7) is 4.92. The van der Waals surface area contributed by atoms with Crippen molar-refractivity contribution in [2.75, 3.05) is 6.54 Å². The molecule has 2 aromatic rings. The molecule has 0 fully saturated rings. The molecule has 0 spiro atoms. The van der Waals surface area contributed by atoms with E-state index in [4.69, 9.17) is 0 Å². The molecule has 3 heterocycles. The third-order valence-electron chi connectivity index (χ3n) is 2.90. The van der Waals surface area contributed by atoms with Gasteiger partial charge in [-0.3, -0.25) is 4.98 Å². The predicted molar refractivity (Wildman–Crippen MR) is 61.9 cm³/mol. The second-order valence-corrected chi connectivity index (χ2v) is 4.14. The average molecular weight is 214 g/mol. The Balaban J connectivity index is 2.09. The van der Waals surface area contributed by atoms with Crippen molar-refractivity contribution >= 4 is 0 Å². The summed E-state index contributed by atoms with van der Waals surface area (Å²) in [5.74, 6) is 1.11. The van der Waals surface area contributed by atoms with Crippen molar-refractivity contribution in [3.05, 3.63) is 36.0 Å². The summed E-state index contributed by atoms with van der Waals surface area (Å²) < 4.78 is 2.27. The molecule has 1 N–H and O–H groups in total. The molecule has 0 aromatic carbocycles. The Kier molecular flexibility index (Phi) is 2.22. The highest BCUT2D eigenvalue weighted by Gasteiger charge is 2.14. The SMILES string of the molecule is Cc1cncc(-c2cnc3n2CCNC3)c1. The van der Waals surface area contributed by atoms with E-state index in [2.05, 4.69) is 32.8 Å². The van der Waals surface area contributed by atoms with Gasteiger partial charge in [0.15, 0.2) is 0 Å². The molecule has 0 unspecified atom stereocenters. The molecule has 1 aliphatic heterocycles. The molecule has 0 saturated carbocycles. The molecule has 0 amide bonds. The molecular formula is C12H14N4. The lowest BCUT2D eigenvalue weighted by Gasteiger charge is -2.17. The van der Waals surface area contributed by atoms with E-state index >= 15 is 0 Å². The van der Waals surface area contributed by atoms with Gasteiger partial charge in [0.2, 0.25) is 0 Å². The summed E-state index contributed by atoms with van der Waals surface area (Å²) in [6, 6.07) is 2.15. The highest BCUT2D eigenvalue weighted by atomic mass is 15.2. The fourth-order valence-corrected chi connectivity index (χ4v) is 2.12. The minimum atomic E-state index is 0.860. The topological polar surface area (TPSA) is 42.7 Å². The Hall–Kier alpha value is -1.68. The van der Waals surface area contributed by atoms with E-state index in [0.29, 0.717) is 0 Å². The summed E-state index contributed by atoms with van der Waals surface area (Å²) in [7, 11) is 0. The van der Waals surface area contributed by atoms with E-state index in [1.807, 2.05) is 18.6 Å². The van der Waals surface area contributed by atoms with Gasteiger partial charge in [0.1, 0.15) is 5.82 Å². The normalized spacial score (nSPS) is 14.8. The lowest BCUT2D eigenvalue weighted by Crippen LogP contribution is -2.28. The number of aryl methyl sites for hydroxylation is 1. The number of fused-ring (bicyclic) bond motifs is 1. The first-order valence-electron chi connectivity index (χ1n) is 5.52. The zero-order valence-electron chi connectivity index (χ0n) is 9.27. The molecule has 0 aliphatic carbocycles. The van der Waals surface area contributed by atoms with Gasteiger partial charge < -0.3 is 9.88 Å². The van der Waals surface area contributed by atoms with E-state index in [0.717, 1.165) is 31.0 Å². The predicted octanol–water partition coefficient (Wildman–Crippen LogP) is 1.36. The summed E-state index contributed by atoms with van der Waals surface area (Å²) >= 11 is 0. The van der Waals surface area contributed by atoms with Crippen molar-refractivity contribution in [3.63, 3.8) is 0 Å². The second-order valence-electron chi connectivity index (χ2n) is 4.14. The van der Waals surface area contributed by atoms with Crippen LogP contribution in [0.3, 0.4) is 0 Å². The van der Waals surface area contributed by atoms with E-state index in [9.17, 15) is 0 Å². The van der Waals surface area contributed by atoms with Crippen LogP contribution in [0.2, 0.25) is 0 Å². The van der Waals surface area contributed by atoms with Gasteiger partial charge in [0.25, 0.3) is 0 Å². The average Bonchev–Trinajstić information content (AvgIpc) is 2.72. The third kappa shape index (κ3) is 1.51. The van der Waals surface area contributed by atoms with Crippen LogP contribution in [0.25, 0.3) is 11.3 Å². The van der Waals surface area contributed by atoms with Crippen LogP contribution in [0.4, 0.5) is 0 Å². The monoisotopic (exact) mass is 214 g/mol. The van der Waals surface area contributed by atoms with E-state index < -0.39 is 0 Å². The fraction of sp³-hybridized carbons (Fsp3) is 0.333. The summed E-state index contributed by atoms with van der Waals surface area (Å²) in [4.78, 5) is 8.67. The first kappa shape index (κ1) is 9.54. The Bertz CT molecular complexity index is 515. The molecule has 2 aromatic heterocycles. The van der Waals surface area contributed by atoms with E-state index in [-0.39, 0.29) is 0 Å². The Labute approximate surface area is 94.4 Å². The van der Waals surface area contributed by atoms with Crippen LogP contribution < -0.4 is 5.32 Å². The quantitative estimate of drug-likeness (QED) is 0.779. The van der Waals surface area contributed by atoms with Gasteiger partial charge in [-0.2, -0.15) is 0 Å². The Morgan fingerprint density at radius 2 is 2.25 bits per heavy atom. The number of aromatic nitrogens is 3. The van der Waals surface area contributed by atoms with Crippen molar-refractivity contribution < 1.29 is 0 Å². The maximum Gasteiger partial charge on any atom is 0.123 e. The molecule has 0 atom stereocenters. The number of pyridine rings is 1. The highest BCUT2D eigenvalue weighted by molar-refractivity contribution is 5.59. The minimum absolute atomic E-state index is 0.860. The summed E-state index contributed by atoms with van der Waals surface area (Å²) in [6.07, 6.45) is 5.72. The van der Waals surface area contributed by atoms with Gasteiger partial charge in [-0.05, 0) is 18.6 Å². The highest BCUT2D eigenvalue weighted by Crippen LogP contribution is 2.21. The van der Waals surface area contributed by atoms with Gasteiger partial charge in [0.05, 0.1) is 18.4 Å². The van der Waals surface area contributed by atoms with Crippen LogP contribution in [0.15, 0.2) is 24.7 Å². The van der Waals surface area contributed by atoms with Crippen LogP contribution in [0.5, 0.6) is 0 Å². The first-order valence-corrected chi connectivity index (χ1v) is 5.52. The molecule has 1 aliphatic rings. The number of nitrogens with one attached hydrogen (secondary N) is 1. The first-order chi connectivity index (χ1) is 7.84.